The van der Waals surface area contributed by atoms with Crippen LogP contribution in [0.3, 0.4) is 0 Å². The molecule has 1 fully saturated rings. The lowest BCUT2D eigenvalue weighted by Gasteiger charge is -2.26. The third-order valence-electron chi connectivity index (χ3n) is 3.09. The van der Waals surface area contributed by atoms with Crippen LogP contribution in [0.2, 0.25) is 0 Å². The first-order valence-electron chi connectivity index (χ1n) is 5.80. The van der Waals surface area contributed by atoms with E-state index in [-0.39, 0.29) is 11.1 Å². The Morgan fingerprint density at radius 1 is 1.71 bits per heavy atom. The second kappa shape index (κ2) is 4.78. The van der Waals surface area contributed by atoms with E-state index < -0.39 is 0 Å². The molecular weight excluding hydrogens is 284 g/mol. The van der Waals surface area contributed by atoms with Gasteiger partial charge in [-0.25, -0.2) is 4.68 Å². The smallest absolute Gasteiger partial charge is 0.283 e. The van der Waals surface area contributed by atoms with Gasteiger partial charge in [0.25, 0.3) is 5.56 Å². The molecule has 1 aliphatic heterocycles. The summed E-state index contributed by atoms with van der Waals surface area (Å²) in [5.74, 6) is 0. The number of anilines is 1. The van der Waals surface area contributed by atoms with Crippen LogP contribution in [0.1, 0.15) is 20.3 Å². The fraction of sp³-hybridized carbons (Fsp3) is 0.636. The lowest BCUT2D eigenvalue weighted by atomic mass is 10.0. The van der Waals surface area contributed by atoms with Gasteiger partial charge in [0, 0.05) is 18.6 Å². The molecule has 0 aliphatic carbocycles. The molecule has 5 nitrogen and oxygen atoms in total. The molecule has 6 heteroatoms. The van der Waals surface area contributed by atoms with Gasteiger partial charge in [0.2, 0.25) is 0 Å². The van der Waals surface area contributed by atoms with E-state index in [1.807, 2.05) is 6.92 Å². The number of nitrogens with one attached hydrogen (secondary N) is 2. The minimum Gasteiger partial charge on any atom is -0.376 e. The maximum absolute atomic E-state index is 11.9. The third-order valence-corrected chi connectivity index (χ3v) is 3.86. The van der Waals surface area contributed by atoms with E-state index in [2.05, 4.69) is 38.6 Å². The van der Waals surface area contributed by atoms with Crippen LogP contribution in [0.15, 0.2) is 15.5 Å². The summed E-state index contributed by atoms with van der Waals surface area (Å²) >= 11 is 3.35. The Morgan fingerprint density at radius 2 is 2.47 bits per heavy atom. The highest BCUT2D eigenvalue weighted by Gasteiger charge is 2.29. The fourth-order valence-corrected chi connectivity index (χ4v) is 2.43. The van der Waals surface area contributed by atoms with Crippen molar-refractivity contribution < 1.29 is 0 Å². The molecule has 1 aliphatic rings. The predicted molar refractivity (Wildman–Crippen MR) is 71.4 cm³/mol. The summed E-state index contributed by atoms with van der Waals surface area (Å²) in [6.45, 7) is 6.52. The van der Waals surface area contributed by atoms with Gasteiger partial charge in [-0.3, -0.25) is 4.79 Å². The molecule has 0 radical (unpaired) electrons. The first-order chi connectivity index (χ1) is 8.06. The zero-order valence-electron chi connectivity index (χ0n) is 10.1. The molecule has 0 bridgehead atoms. The molecular formula is C11H17BrN4O. The Hall–Kier alpha value is -0.880. The lowest BCUT2D eigenvalue weighted by molar-refractivity contribution is 0.561. The van der Waals surface area contributed by atoms with Crippen molar-refractivity contribution in [2.75, 3.05) is 18.4 Å². The summed E-state index contributed by atoms with van der Waals surface area (Å²) in [5.41, 5.74) is 0.674. The van der Waals surface area contributed by atoms with E-state index in [1.165, 1.54) is 4.68 Å². The van der Waals surface area contributed by atoms with Crippen molar-refractivity contribution in [1.82, 2.24) is 15.1 Å². The molecule has 0 spiro atoms. The molecule has 2 N–H and O–H groups in total. The molecule has 17 heavy (non-hydrogen) atoms. The molecule has 94 valence electrons. The van der Waals surface area contributed by atoms with Gasteiger partial charge in [0.05, 0.1) is 11.9 Å². The van der Waals surface area contributed by atoms with Gasteiger partial charge in [-0.2, -0.15) is 5.10 Å². The van der Waals surface area contributed by atoms with Gasteiger partial charge < -0.3 is 10.6 Å². The lowest BCUT2D eigenvalue weighted by Crippen LogP contribution is -2.38. The first kappa shape index (κ1) is 12.6. The van der Waals surface area contributed by atoms with Crippen molar-refractivity contribution >= 4 is 21.6 Å². The number of hydrogen-bond donors (Lipinski definition) is 2. The monoisotopic (exact) mass is 300 g/mol. The Bertz CT molecular complexity index is 465. The standard InChI is InChI=1S/C11H17BrN4O/c1-3-16-10(17)9(12)8(6-14-16)15-11(2)4-5-13-7-11/h6,13,15H,3-5,7H2,1-2H3. The maximum atomic E-state index is 11.9. The molecule has 1 atom stereocenters. The SMILES string of the molecule is CCn1ncc(NC2(C)CCNC2)c(Br)c1=O. The van der Waals surface area contributed by atoms with E-state index >= 15 is 0 Å². The van der Waals surface area contributed by atoms with Crippen molar-refractivity contribution in [3.63, 3.8) is 0 Å². The Kier molecular flexibility index (Phi) is 3.53. The normalized spacial score (nSPS) is 23.9. The minimum absolute atomic E-state index is 0.00492. The highest BCUT2D eigenvalue weighted by atomic mass is 79.9. The van der Waals surface area contributed by atoms with Crippen LogP contribution in [0.25, 0.3) is 0 Å². The van der Waals surface area contributed by atoms with Gasteiger partial charge in [-0.05, 0) is 42.7 Å². The molecule has 2 heterocycles. The largest absolute Gasteiger partial charge is 0.376 e. The Balaban J connectivity index is 2.28. The fourth-order valence-electron chi connectivity index (χ4n) is 2.03. The van der Waals surface area contributed by atoms with Crippen LogP contribution in [0, 0.1) is 0 Å². The first-order valence-corrected chi connectivity index (χ1v) is 6.59. The number of hydrogen-bond acceptors (Lipinski definition) is 4. The zero-order chi connectivity index (χ0) is 12.5. The molecule has 1 saturated heterocycles. The summed E-state index contributed by atoms with van der Waals surface area (Å²) in [7, 11) is 0. The van der Waals surface area contributed by atoms with E-state index in [9.17, 15) is 4.79 Å². The van der Waals surface area contributed by atoms with Crippen LogP contribution < -0.4 is 16.2 Å². The van der Waals surface area contributed by atoms with Gasteiger partial charge in [-0.15, -0.1) is 0 Å². The minimum atomic E-state index is -0.0907. The molecule has 0 aromatic carbocycles. The highest BCUT2D eigenvalue weighted by Crippen LogP contribution is 2.24. The van der Waals surface area contributed by atoms with E-state index in [1.54, 1.807) is 6.20 Å². The summed E-state index contributed by atoms with van der Waals surface area (Å²) in [6.07, 6.45) is 2.74. The van der Waals surface area contributed by atoms with Crippen LogP contribution in [-0.2, 0) is 6.54 Å². The Morgan fingerprint density at radius 3 is 3.06 bits per heavy atom. The molecule has 1 aromatic rings. The quantitative estimate of drug-likeness (QED) is 0.880. The average molecular weight is 301 g/mol. The second-order valence-electron chi connectivity index (χ2n) is 4.61. The summed E-state index contributed by atoms with van der Waals surface area (Å²) in [5, 5.41) is 10.8. The summed E-state index contributed by atoms with van der Waals surface area (Å²) < 4.78 is 1.99. The maximum Gasteiger partial charge on any atom is 0.283 e. The highest BCUT2D eigenvalue weighted by molar-refractivity contribution is 9.10. The molecule has 2 rings (SSSR count). The predicted octanol–water partition coefficient (Wildman–Crippen LogP) is 1.19. The number of aromatic nitrogens is 2. The van der Waals surface area contributed by atoms with Gasteiger partial charge >= 0.3 is 0 Å². The van der Waals surface area contributed by atoms with Gasteiger partial charge in [0.15, 0.2) is 0 Å². The Labute approximate surface area is 109 Å². The molecule has 0 saturated carbocycles. The number of nitrogens with zero attached hydrogens (tertiary/aromatic N) is 2. The van der Waals surface area contributed by atoms with Crippen LogP contribution in [-0.4, -0.2) is 28.4 Å². The van der Waals surface area contributed by atoms with Crippen LogP contribution in [0.4, 0.5) is 5.69 Å². The van der Waals surface area contributed by atoms with Crippen LogP contribution in [0.5, 0.6) is 0 Å². The molecule has 1 unspecified atom stereocenters. The van der Waals surface area contributed by atoms with E-state index in [4.69, 9.17) is 0 Å². The van der Waals surface area contributed by atoms with Crippen molar-refractivity contribution in [2.45, 2.75) is 32.4 Å². The van der Waals surface area contributed by atoms with Crippen molar-refractivity contribution in [3.8, 4) is 0 Å². The summed E-state index contributed by atoms with van der Waals surface area (Å²) in [6, 6.07) is 0. The van der Waals surface area contributed by atoms with E-state index in [0.29, 0.717) is 11.0 Å². The molecule has 0 amide bonds. The average Bonchev–Trinajstić information content (AvgIpc) is 2.72. The zero-order valence-corrected chi connectivity index (χ0v) is 11.7. The van der Waals surface area contributed by atoms with E-state index in [0.717, 1.165) is 25.2 Å². The van der Waals surface area contributed by atoms with Crippen molar-refractivity contribution in [2.24, 2.45) is 0 Å². The molecule has 1 aromatic heterocycles. The van der Waals surface area contributed by atoms with Crippen molar-refractivity contribution in [3.05, 3.63) is 21.0 Å². The third kappa shape index (κ3) is 2.52. The van der Waals surface area contributed by atoms with Gasteiger partial charge in [0.1, 0.15) is 4.47 Å². The number of aryl methyl sites for hydroxylation is 1. The number of rotatable bonds is 3. The van der Waals surface area contributed by atoms with Crippen LogP contribution >= 0.6 is 15.9 Å². The van der Waals surface area contributed by atoms with Gasteiger partial charge in [-0.1, -0.05) is 0 Å². The summed E-state index contributed by atoms with van der Waals surface area (Å²) in [4.78, 5) is 11.9. The number of halogens is 1. The second-order valence-corrected chi connectivity index (χ2v) is 5.40. The van der Waals surface area contributed by atoms with Crippen molar-refractivity contribution in [1.29, 1.82) is 0 Å². The topological polar surface area (TPSA) is 59.0 Å².